The Hall–Kier alpha value is -1.09. The summed E-state index contributed by atoms with van der Waals surface area (Å²) in [5.74, 6) is -2.58. The molecule has 100 valence electrons. The van der Waals surface area contributed by atoms with Crippen molar-refractivity contribution in [1.82, 2.24) is 5.32 Å². The van der Waals surface area contributed by atoms with Crippen LogP contribution in [-0.2, 0) is 4.79 Å². The third-order valence-electron chi connectivity index (χ3n) is 1.87. The van der Waals surface area contributed by atoms with Gasteiger partial charge in [-0.2, -0.15) is 13.2 Å². The molecule has 0 aliphatic carbocycles. The molecule has 0 aliphatic rings. The van der Waals surface area contributed by atoms with Crippen LogP contribution >= 0.6 is 27.3 Å². The molecular formula is C9H7BrF3NO3S. The van der Waals surface area contributed by atoms with Crippen LogP contribution in [0, 0.1) is 0 Å². The van der Waals surface area contributed by atoms with E-state index in [-0.39, 0.29) is 5.56 Å². The Morgan fingerprint density at radius 2 is 2.11 bits per heavy atom. The van der Waals surface area contributed by atoms with Crippen molar-refractivity contribution in [3.8, 4) is 0 Å². The lowest BCUT2D eigenvalue weighted by Crippen LogP contribution is -2.43. The van der Waals surface area contributed by atoms with Crippen LogP contribution < -0.4 is 5.32 Å². The SMILES string of the molecule is O=C(NC(CC(F)(F)F)C(=O)O)c1csc(Br)c1. The van der Waals surface area contributed by atoms with E-state index in [2.05, 4.69) is 15.9 Å². The molecule has 1 heterocycles. The number of hydrogen-bond donors (Lipinski definition) is 2. The fraction of sp³-hybridized carbons (Fsp3) is 0.333. The molecule has 9 heteroatoms. The summed E-state index contributed by atoms with van der Waals surface area (Å²) < 4.78 is 36.9. The van der Waals surface area contributed by atoms with Crippen molar-refractivity contribution in [2.75, 3.05) is 0 Å². The van der Waals surface area contributed by atoms with Crippen LogP contribution in [-0.4, -0.2) is 29.2 Å². The molecule has 0 saturated carbocycles. The quantitative estimate of drug-likeness (QED) is 0.881. The largest absolute Gasteiger partial charge is 0.480 e. The number of carboxylic acids is 1. The Morgan fingerprint density at radius 3 is 2.50 bits per heavy atom. The molecule has 1 aromatic heterocycles. The molecule has 18 heavy (non-hydrogen) atoms. The van der Waals surface area contributed by atoms with Crippen molar-refractivity contribution < 1.29 is 27.9 Å². The molecule has 2 N–H and O–H groups in total. The van der Waals surface area contributed by atoms with Crippen LogP contribution in [0.15, 0.2) is 15.2 Å². The molecule has 0 radical (unpaired) electrons. The summed E-state index contributed by atoms with van der Waals surface area (Å²) in [7, 11) is 0. The fourth-order valence-electron chi connectivity index (χ4n) is 1.10. The number of amides is 1. The summed E-state index contributed by atoms with van der Waals surface area (Å²) in [5, 5.41) is 11.9. The standard InChI is InChI=1S/C9H7BrF3NO3S/c10-6-1-4(3-18-6)7(15)14-5(8(16)17)2-9(11,12)13/h1,3,5H,2H2,(H,14,15)(H,16,17). The van der Waals surface area contributed by atoms with Crippen molar-refractivity contribution in [2.24, 2.45) is 0 Å². The van der Waals surface area contributed by atoms with Gasteiger partial charge in [0.25, 0.3) is 5.91 Å². The number of rotatable bonds is 4. The van der Waals surface area contributed by atoms with E-state index in [1.807, 2.05) is 5.32 Å². The number of carbonyl (C=O) groups is 2. The van der Waals surface area contributed by atoms with Gasteiger partial charge in [-0.25, -0.2) is 4.79 Å². The topological polar surface area (TPSA) is 66.4 Å². The molecule has 0 spiro atoms. The fourth-order valence-corrected chi connectivity index (χ4v) is 2.24. The van der Waals surface area contributed by atoms with Gasteiger partial charge in [0.1, 0.15) is 6.04 Å². The van der Waals surface area contributed by atoms with Gasteiger partial charge >= 0.3 is 12.1 Å². The van der Waals surface area contributed by atoms with Gasteiger partial charge in [0.15, 0.2) is 0 Å². The minimum absolute atomic E-state index is 0.111. The summed E-state index contributed by atoms with van der Waals surface area (Å²) in [6.45, 7) is 0. The number of alkyl halides is 3. The van der Waals surface area contributed by atoms with E-state index in [9.17, 15) is 22.8 Å². The molecule has 0 aromatic carbocycles. The molecule has 1 amide bonds. The Morgan fingerprint density at radius 1 is 1.50 bits per heavy atom. The highest BCUT2D eigenvalue weighted by molar-refractivity contribution is 9.11. The zero-order valence-corrected chi connectivity index (χ0v) is 11.0. The van der Waals surface area contributed by atoms with Crippen molar-refractivity contribution in [3.63, 3.8) is 0 Å². The second-order valence-electron chi connectivity index (χ2n) is 3.32. The van der Waals surface area contributed by atoms with Crippen LogP contribution in [0.3, 0.4) is 0 Å². The van der Waals surface area contributed by atoms with Gasteiger partial charge in [-0.15, -0.1) is 11.3 Å². The molecule has 0 fully saturated rings. The van der Waals surface area contributed by atoms with Crippen LogP contribution in [0.2, 0.25) is 0 Å². The maximum absolute atomic E-state index is 12.1. The number of thiophene rings is 1. The van der Waals surface area contributed by atoms with Gasteiger partial charge in [-0.1, -0.05) is 0 Å². The number of nitrogens with one attached hydrogen (secondary N) is 1. The number of halogens is 4. The molecule has 1 rings (SSSR count). The van der Waals surface area contributed by atoms with Crippen molar-refractivity contribution >= 4 is 39.1 Å². The Labute approximate surface area is 112 Å². The second-order valence-corrected chi connectivity index (χ2v) is 5.61. The molecule has 4 nitrogen and oxygen atoms in total. The Bertz CT molecular complexity index is 460. The first-order valence-corrected chi connectivity index (χ1v) is 6.21. The highest BCUT2D eigenvalue weighted by Crippen LogP contribution is 2.23. The van der Waals surface area contributed by atoms with E-state index in [1.54, 1.807) is 0 Å². The smallest absolute Gasteiger partial charge is 0.391 e. The minimum atomic E-state index is -4.66. The molecule has 0 bridgehead atoms. The van der Waals surface area contributed by atoms with Gasteiger partial charge in [-0.05, 0) is 22.0 Å². The zero-order valence-electron chi connectivity index (χ0n) is 8.62. The third kappa shape index (κ3) is 4.65. The van der Waals surface area contributed by atoms with Crippen molar-refractivity contribution in [3.05, 3.63) is 20.8 Å². The molecule has 1 atom stereocenters. The van der Waals surface area contributed by atoms with Gasteiger partial charge < -0.3 is 10.4 Å². The van der Waals surface area contributed by atoms with Crippen LogP contribution in [0.5, 0.6) is 0 Å². The number of carbonyl (C=O) groups excluding carboxylic acids is 1. The van der Waals surface area contributed by atoms with Gasteiger partial charge in [0.2, 0.25) is 0 Å². The van der Waals surface area contributed by atoms with Crippen LogP contribution in [0.1, 0.15) is 16.8 Å². The van der Waals surface area contributed by atoms with Crippen LogP contribution in [0.25, 0.3) is 0 Å². The lowest BCUT2D eigenvalue weighted by molar-refractivity contribution is -0.157. The van der Waals surface area contributed by atoms with Gasteiger partial charge in [0.05, 0.1) is 15.8 Å². The van der Waals surface area contributed by atoms with Gasteiger partial charge in [-0.3, -0.25) is 4.79 Å². The van der Waals surface area contributed by atoms with Crippen LogP contribution in [0.4, 0.5) is 13.2 Å². The summed E-state index contributed by atoms with van der Waals surface area (Å²) in [4.78, 5) is 22.1. The number of carboxylic acid groups (broad SMARTS) is 1. The molecule has 1 aromatic rings. The van der Waals surface area contributed by atoms with E-state index >= 15 is 0 Å². The molecular weight excluding hydrogens is 339 g/mol. The molecule has 1 unspecified atom stereocenters. The molecule has 0 aliphatic heterocycles. The summed E-state index contributed by atoms with van der Waals surface area (Å²) in [6.07, 6.45) is -6.27. The summed E-state index contributed by atoms with van der Waals surface area (Å²) in [6, 6.07) is -0.594. The highest BCUT2D eigenvalue weighted by atomic mass is 79.9. The zero-order chi connectivity index (χ0) is 13.9. The highest BCUT2D eigenvalue weighted by Gasteiger charge is 2.36. The average molecular weight is 346 g/mol. The normalized spacial score (nSPS) is 13.1. The van der Waals surface area contributed by atoms with E-state index in [1.165, 1.54) is 22.8 Å². The van der Waals surface area contributed by atoms with E-state index in [0.29, 0.717) is 3.79 Å². The van der Waals surface area contributed by atoms with Crippen molar-refractivity contribution in [1.29, 1.82) is 0 Å². The second kappa shape index (κ2) is 5.70. The van der Waals surface area contributed by atoms with E-state index in [0.717, 1.165) is 0 Å². The third-order valence-corrected chi connectivity index (χ3v) is 3.37. The van der Waals surface area contributed by atoms with Gasteiger partial charge in [0, 0.05) is 5.38 Å². The summed E-state index contributed by atoms with van der Waals surface area (Å²) in [5.41, 5.74) is 0.111. The predicted molar refractivity (Wildman–Crippen MR) is 61.6 cm³/mol. The van der Waals surface area contributed by atoms with E-state index < -0.39 is 30.5 Å². The number of aliphatic carboxylic acids is 1. The minimum Gasteiger partial charge on any atom is -0.480 e. The Kier molecular flexibility index (Phi) is 4.74. The molecule has 0 saturated heterocycles. The van der Waals surface area contributed by atoms with E-state index in [4.69, 9.17) is 5.11 Å². The first-order chi connectivity index (χ1) is 8.19. The first kappa shape index (κ1) is 15.0. The number of hydrogen-bond acceptors (Lipinski definition) is 3. The average Bonchev–Trinajstić information content (AvgIpc) is 2.61. The monoisotopic (exact) mass is 345 g/mol. The van der Waals surface area contributed by atoms with Crippen molar-refractivity contribution in [2.45, 2.75) is 18.6 Å². The Balaban J connectivity index is 2.73. The maximum atomic E-state index is 12.1. The first-order valence-electron chi connectivity index (χ1n) is 4.53. The lowest BCUT2D eigenvalue weighted by atomic mass is 10.2. The lowest BCUT2D eigenvalue weighted by Gasteiger charge is -2.15. The summed E-state index contributed by atoms with van der Waals surface area (Å²) >= 11 is 4.25. The maximum Gasteiger partial charge on any atom is 0.391 e. The predicted octanol–water partition coefficient (Wildman–Crippen LogP) is 2.65.